The van der Waals surface area contributed by atoms with Crippen molar-refractivity contribution in [3.8, 4) is 0 Å². The second-order valence-corrected chi connectivity index (χ2v) is 6.50. The number of rotatable bonds is 5. The molecule has 26 heavy (non-hydrogen) atoms. The van der Waals surface area contributed by atoms with E-state index >= 15 is 0 Å². The molecular weight excluding hydrogens is 330 g/mol. The predicted octanol–water partition coefficient (Wildman–Crippen LogP) is 3.15. The highest BCUT2D eigenvalue weighted by molar-refractivity contribution is 6.00. The molecule has 0 atom stereocenters. The van der Waals surface area contributed by atoms with E-state index in [-0.39, 0.29) is 5.78 Å². The van der Waals surface area contributed by atoms with Gasteiger partial charge in [0, 0.05) is 23.7 Å². The number of hydrogen-bond donors (Lipinski definition) is 1. The van der Waals surface area contributed by atoms with Gasteiger partial charge >= 0.3 is 0 Å². The third-order valence-corrected chi connectivity index (χ3v) is 4.47. The van der Waals surface area contributed by atoms with Gasteiger partial charge in [0.2, 0.25) is 0 Å². The fourth-order valence-electron chi connectivity index (χ4n) is 3.07. The number of Topliss-reactive ketones (excluding diaryl/α,β-unsaturated/α-hetero) is 1. The summed E-state index contributed by atoms with van der Waals surface area (Å²) in [6, 6.07) is 5.54. The molecule has 4 rings (SSSR count). The molecule has 0 aliphatic carbocycles. The van der Waals surface area contributed by atoms with Gasteiger partial charge in [-0.25, -0.2) is 4.98 Å². The number of hydrogen-bond acceptors (Lipinski definition) is 5. The number of carbonyl (C=O) groups excluding carboxylic acids is 1. The van der Waals surface area contributed by atoms with Gasteiger partial charge in [0.25, 0.3) is 0 Å². The zero-order chi connectivity index (χ0) is 18.3. The predicted molar refractivity (Wildman–Crippen MR) is 96.2 cm³/mol. The zero-order valence-electron chi connectivity index (χ0n) is 14.9. The van der Waals surface area contributed by atoms with Gasteiger partial charge in [-0.1, -0.05) is 5.16 Å². The Morgan fingerprint density at radius 2 is 2.12 bits per heavy atom. The van der Waals surface area contributed by atoms with E-state index in [2.05, 4.69) is 20.2 Å². The lowest BCUT2D eigenvalue weighted by Crippen LogP contribution is -2.04. The van der Waals surface area contributed by atoms with E-state index in [1.54, 1.807) is 10.9 Å². The summed E-state index contributed by atoms with van der Waals surface area (Å²) in [7, 11) is 0. The van der Waals surface area contributed by atoms with Crippen LogP contribution in [0, 0.1) is 20.8 Å². The largest absolute Gasteiger partial charge is 0.361 e. The van der Waals surface area contributed by atoms with Gasteiger partial charge in [-0.3, -0.25) is 9.48 Å². The average molecular weight is 349 g/mol. The number of aromatic nitrogens is 5. The van der Waals surface area contributed by atoms with E-state index < -0.39 is 0 Å². The highest BCUT2D eigenvalue weighted by Gasteiger charge is 2.13. The van der Waals surface area contributed by atoms with Crippen LogP contribution in [0.3, 0.4) is 0 Å². The lowest BCUT2D eigenvalue weighted by Gasteiger charge is -2.01. The molecule has 0 unspecified atom stereocenters. The standard InChI is InChI=1S/C19H19N5O2/c1-11-16(12(2)26-23-11)10-24-9-14(8-20-24)6-19(25)15-4-5-17-18(7-15)22-13(3)21-17/h4-5,7-9H,6,10H2,1-3H3,(H,21,22). The van der Waals surface area contributed by atoms with E-state index in [0.29, 0.717) is 18.5 Å². The van der Waals surface area contributed by atoms with Crippen LogP contribution in [0.2, 0.25) is 0 Å². The van der Waals surface area contributed by atoms with Gasteiger partial charge in [0.15, 0.2) is 5.78 Å². The van der Waals surface area contributed by atoms with Gasteiger partial charge in [-0.2, -0.15) is 5.10 Å². The Morgan fingerprint density at radius 1 is 1.27 bits per heavy atom. The number of aromatic amines is 1. The number of H-pyrrole nitrogens is 1. The quantitative estimate of drug-likeness (QED) is 0.559. The van der Waals surface area contributed by atoms with E-state index in [0.717, 1.165) is 39.4 Å². The van der Waals surface area contributed by atoms with Crippen LogP contribution >= 0.6 is 0 Å². The molecule has 0 bridgehead atoms. The van der Waals surface area contributed by atoms with Gasteiger partial charge < -0.3 is 9.51 Å². The second-order valence-electron chi connectivity index (χ2n) is 6.50. The van der Waals surface area contributed by atoms with E-state index in [1.165, 1.54) is 0 Å². The van der Waals surface area contributed by atoms with Crippen LogP contribution in [0.15, 0.2) is 35.1 Å². The Morgan fingerprint density at radius 3 is 2.88 bits per heavy atom. The normalized spacial score (nSPS) is 11.3. The van der Waals surface area contributed by atoms with Crippen LogP contribution in [0.25, 0.3) is 11.0 Å². The zero-order valence-corrected chi connectivity index (χ0v) is 14.9. The van der Waals surface area contributed by atoms with Crippen LogP contribution in [-0.2, 0) is 13.0 Å². The van der Waals surface area contributed by atoms with Crippen molar-refractivity contribution in [2.24, 2.45) is 0 Å². The number of imidazole rings is 1. The van der Waals surface area contributed by atoms with E-state index in [4.69, 9.17) is 4.52 Å². The molecule has 0 aliphatic heterocycles. The number of aryl methyl sites for hydroxylation is 3. The van der Waals surface area contributed by atoms with Crippen molar-refractivity contribution in [1.29, 1.82) is 0 Å². The van der Waals surface area contributed by atoms with Crippen molar-refractivity contribution in [2.45, 2.75) is 33.7 Å². The highest BCUT2D eigenvalue weighted by Crippen LogP contribution is 2.17. The molecule has 0 saturated carbocycles. The molecule has 0 radical (unpaired) electrons. The molecule has 0 saturated heterocycles. The number of carbonyl (C=O) groups is 1. The number of nitrogens with zero attached hydrogens (tertiary/aromatic N) is 4. The minimum atomic E-state index is 0.0519. The third-order valence-electron chi connectivity index (χ3n) is 4.47. The molecule has 4 aromatic rings. The van der Waals surface area contributed by atoms with E-state index in [1.807, 2.05) is 45.2 Å². The molecule has 1 aromatic carbocycles. The lowest BCUT2D eigenvalue weighted by atomic mass is 10.0. The Balaban J connectivity index is 1.50. The minimum absolute atomic E-state index is 0.0519. The van der Waals surface area contributed by atoms with Crippen molar-refractivity contribution in [3.63, 3.8) is 0 Å². The number of fused-ring (bicyclic) bond motifs is 1. The summed E-state index contributed by atoms with van der Waals surface area (Å²) in [4.78, 5) is 20.1. The summed E-state index contributed by atoms with van der Waals surface area (Å²) in [5, 5.41) is 8.31. The van der Waals surface area contributed by atoms with Crippen molar-refractivity contribution in [1.82, 2.24) is 24.9 Å². The van der Waals surface area contributed by atoms with Crippen molar-refractivity contribution in [2.75, 3.05) is 0 Å². The first kappa shape index (κ1) is 16.3. The maximum atomic E-state index is 12.6. The van der Waals surface area contributed by atoms with Crippen molar-refractivity contribution >= 4 is 16.8 Å². The molecule has 0 spiro atoms. The van der Waals surface area contributed by atoms with E-state index in [9.17, 15) is 4.79 Å². The molecule has 1 N–H and O–H groups in total. The van der Waals surface area contributed by atoms with Crippen LogP contribution in [-0.4, -0.2) is 30.7 Å². The van der Waals surface area contributed by atoms with Gasteiger partial charge in [0.05, 0.1) is 29.5 Å². The van der Waals surface area contributed by atoms with Crippen LogP contribution < -0.4 is 0 Å². The molecule has 0 aliphatic rings. The minimum Gasteiger partial charge on any atom is -0.361 e. The molecule has 3 aromatic heterocycles. The summed E-state index contributed by atoms with van der Waals surface area (Å²) in [5.74, 6) is 1.68. The number of benzene rings is 1. The summed E-state index contributed by atoms with van der Waals surface area (Å²) in [6.45, 7) is 6.27. The number of nitrogens with one attached hydrogen (secondary N) is 1. The molecule has 7 heteroatoms. The first-order valence-corrected chi connectivity index (χ1v) is 8.42. The molecule has 0 fully saturated rings. The monoisotopic (exact) mass is 349 g/mol. The van der Waals surface area contributed by atoms with Crippen LogP contribution in [0.5, 0.6) is 0 Å². The van der Waals surface area contributed by atoms with Crippen LogP contribution in [0.1, 0.15) is 38.8 Å². The van der Waals surface area contributed by atoms with Crippen molar-refractivity contribution < 1.29 is 9.32 Å². The molecular formula is C19H19N5O2. The van der Waals surface area contributed by atoms with Gasteiger partial charge in [-0.05, 0) is 44.5 Å². The molecule has 3 heterocycles. The summed E-state index contributed by atoms with van der Waals surface area (Å²) in [6.07, 6.45) is 3.93. The Kier molecular flexibility index (Phi) is 3.91. The Labute approximate surface area is 150 Å². The lowest BCUT2D eigenvalue weighted by molar-refractivity contribution is 0.0993. The van der Waals surface area contributed by atoms with Gasteiger partial charge in [0.1, 0.15) is 11.6 Å². The first-order valence-electron chi connectivity index (χ1n) is 8.42. The molecule has 0 amide bonds. The Bertz CT molecular complexity index is 1080. The summed E-state index contributed by atoms with van der Waals surface area (Å²) < 4.78 is 6.98. The topological polar surface area (TPSA) is 89.6 Å². The smallest absolute Gasteiger partial charge is 0.167 e. The average Bonchev–Trinajstić information content (AvgIpc) is 3.28. The fourth-order valence-corrected chi connectivity index (χ4v) is 3.07. The maximum absolute atomic E-state index is 12.6. The van der Waals surface area contributed by atoms with Crippen molar-refractivity contribution in [3.05, 3.63) is 64.6 Å². The first-order chi connectivity index (χ1) is 12.5. The maximum Gasteiger partial charge on any atom is 0.167 e. The molecule has 132 valence electrons. The van der Waals surface area contributed by atoms with Crippen LogP contribution in [0.4, 0.5) is 0 Å². The summed E-state index contributed by atoms with van der Waals surface area (Å²) in [5.41, 5.74) is 5.17. The van der Waals surface area contributed by atoms with Gasteiger partial charge in [-0.15, -0.1) is 0 Å². The number of ketones is 1. The molecule has 7 nitrogen and oxygen atoms in total. The third kappa shape index (κ3) is 3.03. The second kappa shape index (κ2) is 6.25. The SMILES string of the molecule is Cc1nc2ccc(C(=O)Cc3cnn(Cc4c(C)noc4C)c3)cc2[nH]1. The Hall–Kier alpha value is -3.22. The highest BCUT2D eigenvalue weighted by atomic mass is 16.5. The summed E-state index contributed by atoms with van der Waals surface area (Å²) >= 11 is 0. The fraction of sp³-hybridized carbons (Fsp3) is 0.263.